The first-order valence-electron chi connectivity index (χ1n) is 13.1. The van der Waals surface area contributed by atoms with Gasteiger partial charge >= 0.3 is 5.84 Å². The van der Waals surface area contributed by atoms with Gasteiger partial charge in [-0.1, -0.05) is 54.6 Å². The maximum atomic E-state index is 10.0. The molecule has 1 aliphatic carbocycles. The SMILES string of the molecule is CC(/C=C/c1ccc(-c2ccc(C3CC(C)(O)C3)cc2)cc1)=[N+]1\C=CN=C1[C@H](C)OC1CCCCO1. The molecule has 0 spiro atoms. The zero-order valence-electron chi connectivity index (χ0n) is 21.6. The third kappa shape index (κ3) is 5.75. The Hall–Kier alpha value is -2.86. The number of ether oxygens (including phenoxy) is 2. The first kappa shape index (κ1) is 24.8. The van der Waals surface area contributed by atoms with Crippen molar-refractivity contribution >= 4 is 17.6 Å². The Morgan fingerprint density at radius 2 is 1.81 bits per heavy atom. The molecule has 0 aromatic heterocycles. The maximum Gasteiger partial charge on any atom is 0.332 e. The van der Waals surface area contributed by atoms with Gasteiger partial charge in [-0.3, -0.25) is 0 Å². The fraction of sp³-hybridized carbons (Fsp3) is 0.419. The first-order chi connectivity index (χ1) is 17.4. The van der Waals surface area contributed by atoms with Crippen LogP contribution in [0.4, 0.5) is 0 Å². The van der Waals surface area contributed by atoms with Crippen LogP contribution in [0.1, 0.15) is 69.9 Å². The number of benzene rings is 2. The molecule has 1 saturated carbocycles. The van der Waals surface area contributed by atoms with Gasteiger partial charge in [0.15, 0.2) is 18.6 Å². The van der Waals surface area contributed by atoms with Gasteiger partial charge < -0.3 is 14.6 Å². The molecule has 2 atom stereocenters. The van der Waals surface area contributed by atoms with Crippen LogP contribution in [0.5, 0.6) is 0 Å². The number of aliphatic imine (C=N–C) groups is 1. The van der Waals surface area contributed by atoms with E-state index in [2.05, 4.69) is 77.2 Å². The average molecular weight is 486 g/mol. The predicted molar refractivity (Wildman–Crippen MR) is 145 cm³/mol. The normalized spacial score (nSPS) is 28.2. The number of aliphatic hydroxyl groups is 1. The number of allylic oxidation sites excluding steroid dienone is 1. The molecule has 5 rings (SSSR count). The summed E-state index contributed by atoms with van der Waals surface area (Å²) in [5, 5.41) is 10.0. The van der Waals surface area contributed by atoms with Crippen molar-refractivity contribution in [3.05, 3.63) is 78.1 Å². The lowest BCUT2D eigenvalue weighted by molar-refractivity contribution is -0.333. The number of hydrogen-bond donors (Lipinski definition) is 1. The molecule has 0 bridgehead atoms. The molecule has 1 saturated heterocycles. The average Bonchev–Trinajstić information content (AvgIpc) is 3.37. The van der Waals surface area contributed by atoms with Crippen molar-refractivity contribution in [2.24, 2.45) is 4.99 Å². The van der Waals surface area contributed by atoms with Gasteiger partial charge in [0.25, 0.3) is 0 Å². The monoisotopic (exact) mass is 485 g/mol. The molecular weight excluding hydrogens is 448 g/mol. The molecule has 0 radical (unpaired) electrons. The lowest BCUT2D eigenvalue weighted by atomic mass is 9.69. The molecule has 5 nitrogen and oxygen atoms in total. The third-order valence-electron chi connectivity index (χ3n) is 7.42. The van der Waals surface area contributed by atoms with E-state index in [1.807, 2.05) is 26.2 Å². The summed E-state index contributed by atoms with van der Waals surface area (Å²) in [5.74, 6) is 1.36. The first-order valence-corrected chi connectivity index (χ1v) is 13.1. The standard InChI is InChI=1S/C31H37N2O3/c1-22(33-18-17-32-30(33)23(2)36-29-6-4-5-19-35-29)7-8-24-9-11-25(12-10-24)26-13-15-27(16-14-26)28-20-31(3,34)21-28/h7-18,23,28-29,34H,4-6,19-21H2,1-3H3/q+1/b8-7+,33-22-/t23-,28?,29?,31?/m0/s1. The van der Waals surface area contributed by atoms with Crippen LogP contribution < -0.4 is 0 Å². The second-order valence-electron chi connectivity index (χ2n) is 10.6. The van der Waals surface area contributed by atoms with Gasteiger partial charge in [0.2, 0.25) is 0 Å². The van der Waals surface area contributed by atoms with Gasteiger partial charge in [-0.05, 0) is 92.1 Å². The molecule has 3 aliphatic rings. The summed E-state index contributed by atoms with van der Waals surface area (Å²) in [5.41, 5.74) is 5.47. The van der Waals surface area contributed by atoms with Crippen LogP contribution in [-0.2, 0) is 9.47 Å². The summed E-state index contributed by atoms with van der Waals surface area (Å²) in [7, 11) is 0. The van der Waals surface area contributed by atoms with Crippen molar-refractivity contribution in [2.75, 3.05) is 6.61 Å². The van der Waals surface area contributed by atoms with Gasteiger partial charge in [0, 0.05) is 6.61 Å². The highest BCUT2D eigenvalue weighted by atomic mass is 16.7. The van der Waals surface area contributed by atoms with Crippen LogP contribution in [0.3, 0.4) is 0 Å². The minimum Gasteiger partial charge on any atom is -0.390 e. The summed E-state index contributed by atoms with van der Waals surface area (Å²) < 4.78 is 14.0. The number of hydrogen-bond acceptors (Lipinski definition) is 4. The van der Waals surface area contributed by atoms with Crippen molar-refractivity contribution in [1.82, 2.24) is 0 Å². The Morgan fingerprint density at radius 1 is 1.11 bits per heavy atom. The number of amidine groups is 1. The molecule has 1 unspecified atom stereocenters. The summed E-state index contributed by atoms with van der Waals surface area (Å²) >= 11 is 0. The molecule has 2 fully saturated rings. The van der Waals surface area contributed by atoms with Gasteiger partial charge in [0.05, 0.1) is 5.60 Å². The van der Waals surface area contributed by atoms with E-state index in [9.17, 15) is 5.11 Å². The van der Waals surface area contributed by atoms with Crippen molar-refractivity contribution in [3.8, 4) is 11.1 Å². The second-order valence-corrected chi connectivity index (χ2v) is 10.6. The zero-order valence-corrected chi connectivity index (χ0v) is 21.6. The van der Waals surface area contributed by atoms with E-state index < -0.39 is 5.60 Å². The minimum atomic E-state index is -0.488. The third-order valence-corrected chi connectivity index (χ3v) is 7.42. The summed E-state index contributed by atoms with van der Waals surface area (Å²) in [6.45, 7) is 6.82. The van der Waals surface area contributed by atoms with Crippen LogP contribution in [0, 0.1) is 0 Å². The summed E-state index contributed by atoms with van der Waals surface area (Å²) in [4.78, 5) is 4.55. The van der Waals surface area contributed by atoms with E-state index in [4.69, 9.17) is 9.47 Å². The molecule has 1 N–H and O–H groups in total. The van der Waals surface area contributed by atoms with Crippen LogP contribution in [0.25, 0.3) is 17.2 Å². The van der Waals surface area contributed by atoms with E-state index in [-0.39, 0.29) is 12.4 Å². The molecule has 5 heteroatoms. The molecule has 188 valence electrons. The molecule has 36 heavy (non-hydrogen) atoms. The lowest BCUT2D eigenvalue weighted by Gasteiger charge is -2.41. The van der Waals surface area contributed by atoms with Crippen molar-refractivity contribution in [2.45, 2.75) is 76.8 Å². The van der Waals surface area contributed by atoms with E-state index in [1.54, 1.807) is 0 Å². The van der Waals surface area contributed by atoms with E-state index >= 15 is 0 Å². The highest BCUT2D eigenvalue weighted by molar-refractivity contribution is 5.98. The molecule has 0 amide bonds. The lowest BCUT2D eigenvalue weighted by Crippen LogP contribution is -2.39. The molecule has 2 aromatic rings. The van der Waals surface area contributed by atoms with Crippen LogP contribution >= 0.6 is 0 Å². The van der Waals surface area contributed by atoms with Crippen LogP contribution in [0.15, 0.2) is 72.0 Å². The van der Waals surface area contributed by atoms with Crippen molar-refractivity contribution in [1.29, 1.82) is 0 Å². The van der Waals surface area contributed by atoms with Crippen molar-refractivity contribution in [3.63, 3.8) is 0 Å². The van der Waals surface area contributed by atoms with Gasteiger partial charge in [-0.25, -0.2) is 0 Å². The van der Waals surface area contributed by atoms with E-state index in [0.29, 0.717) is 5.92 Å². The largest absolute Gasteiger partial charge is 0.390 e. The van der Waals surface area contributed by atoms with Gasteiger partial charge in [-0.2, -0.15) is 4.58 Å². The Morgan fingerprint density at radius 3 is 2.44 bits per heavy atom. The predicted octanol–water partition coefficient (Wildman–Crippen LogP) is 6.28. The molecule has 2 heterocycles. The minimum absolute atomic E-state index is 0.140. The molecule has 2 aliphatic heterocycles. The van der Waals surface area contributed by atoms with Crippen LogP contribution in [-0.4, -0.2) is 45.8 Å². The zero-order chi connectivity index (χ0) is 25.1. The summed E-state index contributed by atoms with van der Waals surface area (Å²) in [6, 6.07) is 17.4. The highest BCUT2D eigenvalue weighted by Crippen LogP contribution is 2.44. The van der Waals surface area contributed by atoms with E-state index in [1.165, 1.54) is 16.7 Å². The quantitative estimate of drug-likeness (QED) is 0.469. The number of nitrogens with zero attached hydrogens (tertiary/aromatic N) is 2. The Bertz CT molecular complexity index is 1180. The highest BCUT2D eigenvalue weighted by Gasteiger charge is 2.38. The Balaban J connectivity index is 1.21. The molecule has 2 aromatic carbocycles. The molecular formula is C31H37N2O3+. The Labute approximate surface area is 214 Å². The fourth-order valence-electron chi connectivity index (χ4n) is 5.29. The summed E-state index contributed by atoms with van der Waals surface area (Å²) in [6.07, 6.45) is 12.7. The van der Waals surface area contributed by atoms with E-state index in [0.717, 1.165) is 55.8 Å². The number of rotatable bonds is 7. The van der Waals surface area contributed by atoms with Gasteiger partial charge in [0.1, 0.15) is 11.9 Å². The fourth-order valence-corrected chi connectivity index (χ4v) is 5.29. The Kier molecular flexibility index (Phi) is 7.33. The smallest absolute Gasteiger partial charge is 0.332 e. The topological polar surface area (TPSA) is 54.1 Å². The van der Waals surface area contributed by atoms with Gasteiger partial charge in [-0.15, -0.1) is 0 Å². The van der Waals surface area contributed by atoms with Crippen LogP contribution in [0.2, 0.25) is 0 Å². The second kappa shape index (κ2) is 10.6. The maximum absolute atomic E-state index is 10.0. The van der Waals surface area contributed by atoms with Crippen molar-refractivity contribution < 1.29 is 19.2 Å².